The largest absolute Gasteiger partial charge is 0.507 e. The van der Waals surface area contributed by atoms with Crippen LogP contribution in [0.25, 0.3) is 0 Å². The Morgan fingerprint density at radius 1 is 1.09 bits per heavy atom. The van der Waals surface area contributed by atoms with Crippen molar-refractivity contribution in [2.75, 3.05) is 13.1 Å². The number of unbranched alkanes of at least 4 members (excludes halogenated alkanes) is 1. The zero-order chi connectivity index (χ0) is 26.8. The Labute approximate surface area is 210 Å². The van der Waals surface area contributed by atoms with E-state index in [1.165, 1.54) is 4.90 Å². The highest BCUT2D eigenvalue weighted by Gasteiger charge is 2.36. The van der Waals surface area contributed by atoms with Crippen molar-refractivity contribution in [2.45, 2.75) is 98.8 Å². The molecule has 3 amide bonds. The Morgan fingerprint density at radius 3 is 2.31 bits per heavy atom. The fourth-order valence-electron chi connectivity index (χ4n) is 3.72. The molecule has 1 aromatic rings. The van der Waals surface area contributed by atoms with Gasteiger partial charge in [0.1, 0.15) is 23.9 Å². The molecule has 2 unspecified atom stereocenters. The molecule has 198 valence electrons. The molecule has 0 aliphatic carbocycles. The monoisotopic (exact) mass is 491 g/mol. The number of rotatable bonds is 12. The van der Waals surface area contributed by atoms with Crippen LogP contribution in [0, 0.1) is 12.8 Å². The first-order valence-electron chi connectivity index (χ1n) is 12.6. The van der Waals surface area contributed by atoms with Crippen molar-refractivity contribution >= 4 is 17.9 Å². The lowest BCUT2D eigenvalue weighted by Gasteiger charge is -2.37. The first-order valence-corrected chi connectivity index (χ1v) is 12.6. The van der Waals surface area contributed by atoms with Crippen molar-refractivity contribution in [1.29, 1.82) is 0 Å². The molecule has 0 saturated heterocycles. The van der Waals surface area contributed by atoms with E-state index in [0.29, 0.717) is 30.0 Å². The van der Waals surface area contributed by atoms with E-state index in [2.05, 4.69) is 24.5 Å². The van der Waals surface area contributed by atoms with Gasteiger partial charge in [0.2, 0.25) is 11.8 Å². The number of alkyl carbamates (subject to hydrolysis) is 1. The van der Waals surface area contributed by atoms with E-state index >= 15 is 0 Å². The molecule has 8 heteroatoms. The first kappa shape index (κ1) is 30.3. The van der Waals surface area contributed by atoms with Crippen LogP contribution in [0.4, 0.5) is 4.79 Å². The normalized spacial score (nSPS) is 13.2. The molecule has 0 aliphatic rings. The van der Waals surface area contributed by atoms with Crippen LogP contribution in [0.3, 0.4) is 0 Å². The summed E-state index contributed by atoms with van der Waals surface area (Å²) in [6.45, 7) is 15.2. The number of phenolic OH excluding ortho intramolecular Hbond substituents is 1. The minimum Gasteiger partial charge on any atom is -0.507 e. The summed E-state index contributed by atoms with van der Waals surface area (Å²) in [5, 5.41) is 16.3. The predicted molar refractivity (Wildman–Crippen MR) is 138 cm³/mol. The quantitative estimate of drug-likeness (QED) is 0.363. The van der Waals surface area contributed by atoms with Gasteiger partial charge in [-0.05, 0) is 65.4 Å². The molecule has 35 heavy (non-hydrogen) atoms. The highest BCUT2D eigenvalue weighted by molar-refractivity contribution is 5.91. The van der Waals surface area contributed by atoms with Crippen LogP contribution in [0.2, 0.25) is 0 Å². The third-order valence-electron chi connectivity index (χ3n) is 5.63. The van der Waals surface area contributed by atoms with Crippen molar-refractivity contribution in [2.24, 2.45) is 5.92 Å². The third kappa shape index (κ3) is 10.2. The van der Waals surface area contributed by atoms with Crippen LogP contribution in [0.5, 0.6) is 5.75 Å². The lowest BCUT2D eigenvalue weighted by atomic mass is 9.96. The molecule has 0 heterocycles. The second-order valence-electron chi connectivity index (χ2n) is 10.5. The molecule has 8 nitrogen and oxygen atoms in total. The number of carbonyl (C=O) groups excluding carboxylic acids is 3. The lowest BCUT2D eigenvalue weighted by molar-refractivity contribution is -0.142. The first-order chi connectivity index (χ1) is 16.3. The highest BCUT2D eigenvalue weighted by Crippen LogP contribution is 2.34. The maximum Gasteiger partial charge on any atom is 0.408 e. The number of phenols is 1. The summed E-state index contributed by atoms with van der Waals surface area (Å²) in [7, 11) is 0. The maximum absolute atomic E-state index is 13.5. The third-order valence-corrected chi connectivity index (χ3v) is 5.63. The second kappa shape index (κ2) is 14.0. The Morgan fingerprint density at radius 2 is 1.74 bits per heavy atom. The molecule has 1 rings (SSSR count). The lowest BCUT2D eigenvalue weighted by Crippen LogP contribution is -2.51. The van der Waals surface area contributed by atoms with Crippen LogP contribution in [-0.4, -0.2) is 52.6 Å². The Bertz CT molecular complexity index is 848. The number of hydrogen-bond donors (Lipinski definition) is 3. The number of amides is 3. The molecule has 1 aromatic carbocycles. The smallest absolute Gasteiger partial charge is 0.408 e. The van der Waals surface area contributed by atoms with Gasteiger partial charge in [0, 0.05) is 18.2 Å². The number of para-hydroxylation sites is 1. The zero-order valence-electron chi connectivity index (χ0n) is 22.7. The highest BCUT2D eigenvalue weighted by atomic mass is 16.6. The van der Waals surface area contributed by atoms with Gasteiger partial charge >= 0.3 is 6.09 Å². The van der Waals surface area contributed by atoms with Crippen molar-refractivity contribution in [3.63, 3.8) is 0 Å². The Hall–Kier alpha value is -2.77. The fourth-order valence-corrected chi connectivity index (χ4v) is 3.72. The van der Waals surface area contributed by atoms with Gasteiger partial charge in [-0.1, -0.05) is 45.4 Å². The number of aryl methyl sites for hydroxylation is 1. The van der Waals surface area contributed by atoms with E-state index in [9.17, 15) is 19.5 Å². The van der Waals surface area contributed by atoms with Gasteiger partial charge < -0.3 is 25.4 Å². The molecule has 0 fully saturated rings. The summed E-state index contributed by atoms with van der Waals surface area (Å²) >= 11 is 0. The fraction of sp³-hybridized carbons (Fsp3) is 0.667. The number of benzene rings is 1. The van der Waals surface area contributed by atoms with Crippen molar-refractivity contribution in [3.05, 3.63) is 29.3 Å². The zero-order valence-corrected chi connectivity index (χ0v) is 22.7. The maximum atomic E-state index is 13.5. The average Bonchev–Trinajstić information content (AvgIpc) is 2.75. The van der Waals surface area contributed by atoms with Gasteiger partial charge in [0.15, 0.2) is 0 Å². The topological polar surface area (TPSA) is 108 Å². The van der Waals surface area contributed by atoms with E-state index in [-0.39, 0.29) is 24.2 Å². The minimum atomic E-state index is -1.04. The summed E-state index contributed by atoms with van der Waals surface area (Å²) < 4.78 is 5.26. The number of carbonyl (C=O) groups is 3. The Balaban J connectivity index is 3.38. The second-order valence-corrected chi connectivity index (χ2v) is 10.5. The summed E-state index contributed by atoms with van der Waals surface area (Å²) in [5.74, 6) is -0.388. The van der Waals surface area contributed by atoms with Gasteiger partial charge in [-0.3, -0.25) is 9.59 Å². The van der Waals surface area contributed by atoms with E-state index in [0.717, 1.165) is 19.3 Å². The number of hydrogen-bond acceptors (Lipinski definition) is 5. The molecule has 0 bridgehead atoms. The van der Waals surface area contributed by atoms with Crippen molar-refractivity contribution in [1.82, 2.24) is 15.5 Å². The summed E-state index contributed by atoms with van der Waals surface area (Å²) in [4.78, 5) is 40.7. The molecule has 0 spiro atoms. The number of nitrogens with zero attached hydrogens (tertiary/aromatic N) is 1. The molecule has 0 saturated carbocycles. The van der Waals surface area contributed by atoms with Crippen LogP contribution in [-0.2, 0) is 14.3 Å². The van der Waals surface area contributed by atoms with Gasteiger partial charge in [-0.2, -0.15) is 0 Å². The average molecular weight is 492 g/mol. The van der Waals surface area contributed by atoms with Crippen LogP contribution < -0.4 is 10.6 Å². The molecule has 0 radical (unpaired) electrons. The van der Waals surface area contributed by atoms with Crippen molar-refractivity contribution < 1.29 is 24.2 Å². The van der Waals surface area contributed by atoms with Crippen LogP contribution >= 0.6 is 0 Å². The van der Waals surface area contributed by atoms with E-state index in [1.54, 1.807) is 45.9 Å². The molecule has 0 aliphatic heterocycles. The summed E-state index contributed by atoms with van der Waals surface area (Å²) in [5.41, 5.74) is 0.274. The van der Waals surface area contributed by atoms with Gasteiger partial charge in [0.25, 0.3) is 0 Å². The summed E-state index contributed by atoms with van der Waals surface area (Å²) in [6.07, 6.45) is 2.53. The number of nitrogens with one attached hydrogen (secondary N) is 2. The number of ether oxygens (including phenoxy) is 1. The number of aromatic hydroxyl groups is 1. The SMILES string of the molecule is CCCCNC(=O)C(c1cccc(C)c1O)N(C(=O)CNC(=O)OC(C)(C)C)C(C)CCC(C)C. The molecular formula is C27H45N3O5. The van der Waals surface area contributed by atoms with Crippen LogP contribution in [0.15, 0.2) is 18.2 Å². The molecular weight excluding hydrogens is 446 g/mol. The Kier molecular flexibility index (Phi) is 12.1. The van der Waals surface area contributed by atoms with Gasteiger partial charge in [0.05, 0.1) is 0 Å². The molecule has 0 aromatic heterocycles. The van der Waals surface area contributed by atoms with E-state index in [4.69, 9.17) is 4.74 Å². The standard InChI is InChI=1S/C27H45N3O5/c1-9-10-16-28-25(33)23(21-13-11-12-19(4)24(21)32)30(20(5)15-14-18(2)3)22(31)17-29-26(34)35-27(6,7)8/h11-13,18,20,23,32H,9-10,14-17H2,1-8H3,(H,28,33)(H,29,34). The predicted octanol–water partition coefficient (Wildman–Crippen LogP) is 4.84. The van der Waals surface area contributed by atoms with Crippen molar-refractivity contribution in [3.8, 4) is 5.75 Å². The van der Waals surface area contributed by atoms with Crippen LogP contribution in [0.1, 0.15) is 91.3 Å². The van der Waals surface area contributed by atoms with E-state index < -0.39 is 23.6 Å². The molecule has 2 atom stereocenters. The van der Waals surface area contributed by atoms with Gasteiger partial charge in [-0.25, -0.2) is 4.79 Å². The van der Waals surface area contributed by atoms with E-state index in [1.807, 2.05) is 13.8 Å². The summed E-state index contributed by atoms with van der Waals surface area (Å²) in [6, 6.07) is 3.83. The van der Waals surface area contributed by atoms with Gasteiger partial charge in [-0.15, -0.1) is 0 Å². The minimum absolute atomic E-state index is 0.0166. The molecule has 3 N–H and O–H groups in total.